The summed E-state index contributed by atoms with van der Waals surface area (Å²) in [6.45, 7) is 1.54. The van der Waals surface area contributed by atoms with Crippen LogP contribution in [0.25, 0.3) is 0 Å². The lowest BCUT2D eigenvalue weighted by Gasteiger charge is -2.23. The van der Waals surface area contributed by atoms with Gasteiger partial charge in [-0.25, -0.2) is 17.6 Å². The predicted molar refractivity (Wildman–Crippen MR) is 72.4 cm³/mol. The van der Waals surface area contributed by atoms with Crippen molar-refractivity contribution in [3.63, 3.8) is 0 Å². The van der Waals surface area contributed by atoms with Crippen molar-refractivity contribution < 1.29 is 22.3 Å². The molecule has 0 saturated heterocycles. The quantitative estimate of drug-likeness (QED) is 0.769. The number of ether oxygens (including phenoxy) is 1. The van der Waals surface area contributed by atoms with Crippen LogP contribution >= 0.6 is 0 Å². The third-order valence-corrected chi connectivity index (χ3v) is 5.03. The van der Waals surface area contributed by atoms with Crippen LogP contribution in [0, 0.1) is 17.1 Å². The first-order valence-electron chi connectivity index (χ1n) is 5.98. The van der Waals surface area contributed by atoms with Gasteiger partial charge in [-0.05, 0) is 25.1 Å². The summed E-state index contributed by atoms with van der Waals surface area (Å²) in [5, 5.41) is 8.64. The van der Waals surface area contributed by atoms with Crippen molar-refractivity contribution >= 4 is 16.0 Å². The number of rotatable bonds is 5. The molecule has 0 radical (unpaired) electrons. The number of nitrogens with zero attached hydrogens (tertiary/aromatic N) is 2. The Morgan fingerprint density at radius 3 is 2.67 bits per heavy atom. The van der Waals surface area contributed by atoms with E-state index in [1.54, 1.807) is 0 Å². The van der Waals surface area contributed by atoms with Crippen LogP contribution in [0.2, 0.25) is 0 Å². The van der Waals surface area contributed by atoms with Crippen LogP contribution in [-0.2, 0) is 14.8 Å². The zero-order valence-corrected chi connectivity index (χ0v) is 12.6. The van der Waals surface area contributed by atoms with Gasteiger partial charge in [0.2, 0.25) is 10.0 Å². The maximum absolute atomic E-state index is 13.4. The average Bonchev–Trinajstić information content (AvgIpc) is 2.45. The lowest BCUT2D eigenvalue weighted by Crippen LogP contribution is -2.35. The molecule has 114 valence electrons. The molecular formula is C13H15FN2O4S. The summed E-state index contributed by atoms with van der Waals surface area (Å²) >= 11 is 0. The molecule has 0 bridgehead atoms. The molecule has 1 aromatic carbocycles. The first-order valence-corrected chi connectivity index (χ1v) is 7.42. The van der Waals surface area contributed by atoms with Gasteiger partial charge in [0, 0.05) is 13.1 Å². The van der Waals surface area contributed by atoms with Crippen LogP contribution in [-0.4, -0.2) is 38.9 Å². The highest BCUT2D eigenvalue weighted by Crippen LogP contribution is 2.23. The lowest BCUT2D eigenvalue weighted by molar-refractivity contribution is 0.0596. The van der Waals surface area contributed by atoms with Crippen LogP contribution < -0.4 is 0 Å². The minimum Gasteiger partial charge on any atom is -0.465 e. The van der Waals surface area contributed by atoms with Gasteiger partial charge in [0.25, 0.3) is 0 Å². The van der Waals surface area contributed by atoms with Crippen LogP contribution in [0.15, 0.2) is 23.1 Å². The van der Waals surface area contributed by atoms with Gasteiger partial charge in [0.15, 0.2) is 0 Å². The molecule has 1 rings (SSSR count). The smallest absolute Gasteiger partial charge is 0.339 e. The fourth-order valence-electron chi connectivity index (χ4n) is 1.64. The van der Waals surface area contributed by atoms with Crippen LogP contribution in [0.5, 0.6) is 0 Å². The molecule has 8 heteroatoms. The van der Waals surface area contributed by atoms with Crippen molar-refractivity contribution in [3.05, 3.63) is 29.6 Å². The molecule has 0 fully saturated rings. The molecule has 0 heterocycles. The molecule has 0 amide bonds. The number of nitriles is 1. The fourth-order valence-corrected chi connectivity index (χ4v) is 3.19. The summed E-state index contributed by atoms with van der Waals surface area (Å²) in [6, 6.07) is 4.03. The number of benzene rings is 1. The normalized spacial score (nSPS) is 12.8. The number of halogens is 1. The van der Waals surface area contributed by atoms with Gasteiger partial charge in [-0.1, -0.05) is 0 Å². The zero-order chi connectivity index (χ0) is 16.2. The van der Waals surface area contributed by atoms with E-state index in [-0.39, 0.29) is 12.0 Å². The van der Waals surface area contributed by atoms with Gasteiger partial charge in [-0.15, -0.1) is 0 Å². The van der Waals surface area contributed by atoms with E-state index in [0.29, 0.717) is 0 Å². The molecule has 1 aromatic rings. The van der Waals surface area contributed by atoms with Crippen LogP contribution in [0.4, 0.5) is 4.39 Å². The number of hydrogen-bond donors (Lipinski definition) is 0. The molecular weight excluding hydrogens is 299 g/mol. The first-order chi connectivity index (χ1) is 9.75. The summed E-state index contributed by atoms with van der Waals surface area (Å²) in [5.41, 5.74) is -0.255. The molecule has 21 heavy (non-hydrogen) atoms. The van der Waals surface area contributed by atoms with E-state index in [4.69, 9.17) is 5.26 Å². The van der Waals surface area contributed by atoms with E-state index in [2.05, 4.69) is 4.74 Å². The number of methoxy groups -OCH3 is 1. The standard InChI is InChI=1S/C13H15FN2O4S/c1-9(6-7-15)16(2)21(18,19)12-8-10(14)4-5-11(12)13(17)20-3/h4-5,8-9H,6H2,1-3H3. The minimum atomic E-state index is -4.13. The average molecular weight is 314 g/mol. The van der Waals surface area contributed by atoms with E-state index in [0.717, 1.165) is 29.6 Å². The highest BCUT2D eigenvalue weighted by molar-refractivity contribution is 7.89. The molecule has 1 atom stereocenters. The van der Waals surface area contributed by atoms with E-state index in [9.17, 15) is 17.6 Å². The van der Waals surface area contributed by atoms with E-state index >= 15 is 0 Å². The molecule has 0 aromatic heterocycles. The Bertz CT molecular complexity index is 682. The molecule has 0 aliphatic heterocycles. The van der Waals surface area contributed by atoms with Gasteiger partial charge >= 0.3 is 5.97 Å². The predicted octanol–water partition coefficient (Wildman–Crippen LogP) is 1.53. The Kier molecular flexibility index (Phi) is 5.41. The molecule has 0 spiro atoms. The van der Waals surface area contributed by atoms with Crippen molar-refractivity contribution in [1.82, 2.24) is 4.31 Å². The minimum absolute atomic E-state index is 0.0292. The van der Waals surface area contributed by atoms with Gasteiger partial charge in [-0.2, -0.15) is 9.57 Å². The SMILES string of the molecule is COC(=O)c1ccc(F)cc1S(=O)(=O)N(C)C(C)CC#N. The van der Waals surface area contributed by atoms with E-state index < -0.39 is 32.7 Å². The number of sulfonamides is 1. The van der Waals surface area contributed by atoms with E-state index in [1.807, 2.05) is 6.07 Å². The summed E-state index contributed by atoms with van der Waals surface area (Å²) in [5.74, 6) is -1.67. The summed E-state index contributed by atoms with van der Waals surface area (Å²) in [6.07, 6.45) is -0.0292. The van der Waals surface area contributed by atoms with Crippen LogP contribution in [0.1, 0.15) is 23.7 Å². The molecule has 0 aliphatic rings. The van der Waals surface area contributed by atoms with Crippen molar-refractivity contribution in [2.75, 3.05) is 14.2 Å². The van der Waals surface area contributed by atoms with Gasteiger partial charge in [0.1, 0.15) is 5.82 Å². The van der Waals surface area contributed by atoms with Crippen molar-refractivity contribution in [1.29, 1.82) is 5.26 Å². The molecule has 0 saturated carbocycles. The third-order valence-electron chi connectivity index (χ3n) is 3.01. The Hall–Kier alpha value is -1.98. The van der Waals surface area contributed by atoms with Crippen molar-refractivity contribution in [3.8, 4) is 6.07 Å². The van der Waals surface area contributed by atoms with Gasteiger partial charge in [-0.3, -0.25) is 0 Å². The Balaban J connectivity index is 3.41. The monoisotopic (exact) mass is 314 g/mol. The van der Waals surface area contributed by atoms with Gasteiger partial charge in [0.05, 0.1) is 30.1 Å². The molecule has 0 N–H and O–H groups in total. The number of hydrogen-bond acceptors (Lipinski definition) is 5. The second-order valence-corrected chi connectivity index (χ2v) is 6.33. The first kappa shape index (κ1) is 17.1. The number of carbonyl (C=O) groups excluding carboxylic acids is 1. The Morgan fingerprint density at radius 2 is 2.14 bits per heavy atom. The maximum Gasteiger partial charge on any atom is 0.339 e. The molecule has 6 nitrogen and oxygen atoms in total. The molecule has 0 aliphatic carbocycles. The summed E-state index contributed by atoms with van der Waals surface area (Å²) in [4.78, 5) is 11.1. The summed E-state index contributed by atoms with van der Waals surface area (Å²) < 4.78 is 43.8. The fraction of sp³-hybridized carbons (Fsp3) is 0.385. The highest BCUT2D eigenvalue weighted by Gasteiger charge is 2.30. The third kappa shape index (κ3) is 3.56. The number of carbonyl (C=O) groups is 1. The highest BCUT2D eigenvalue weighted by atomic mass is 32.2. The maximum atomic E-state index is 13.4. The zero-order valence-electron chi connectivity index (χ0n) is 11.8. The van der Waals surface area contributed by atoms with E-state index in [1.165, 1.54) is 14.0 Å². The second kappa shape index (κ2) is 6.65. The van der Waals surface area contributed by atoms with Crippen molar-refractivity contribution in [2.45, 2.75) is 24.3 Å². The topological polar surface area (TPSA) is 87.5 Å². The number of esters is 1. The summed E-state index contributed by atoms with van der Waals surface area (Å²) in [7, 11) is -1.76. The Morgan fingerprint density at radius 1 is 1.52 bits per heavy atom. The Labute approximate surface area is 122 Å². The largest absolute Gasteiger partial charge is 0.465 e. The van der Waals surface area contributed by atoms with Crippen molar-refractivity contribution in [2.24, 2.45) is 0 Å². The van der Waals surface area contributed by atoms with Crippen LogP contribution in [0.3, 0.4) is 0 Å². The lowest BCUT2D eigenvalue weighted by atomic mass is 10.2. The second-order valence-electron chi connectivity index (χ2n) is 4.36. The molecule has 1 unspecified atom stereocenters. The van der Waals surface area contributed by atoms with Gasteiger partial charge < -0.3 is 4.74 Å².